The average Bonchev–Trinajstić information content (AvgIpc) is 2.27. The van der Waals surface area contributed by atoms with Crippen molar-refractivity contribution in [2.45, 2.75) is 17.6 Å². The Kier molecular flexibility index (Phi) is 3.48. The van der Waals surface area contributed by atoms with Gasteiger partial charge in [0.25, 0.3) is 0 Å². The van der Waals surface area contributed by atoms with Gasteiger partial charge >= 0.3 is 0 Å². The molecule has 0 amide bonds. The summed E-state index contributed by atoms with van der Waals surface area (Å²) in [5, 5.41) is 9.36. The van der Waals surface area contributed by atoms with E-state index in [2.05, 4.69) is 0 Å². The van der Waals surface area contributed by atoms with Gasteiger partial charge in [-0.15, -0.1) is 0 Å². The number of anilines is 1. The summed E-state index contributed by atoms with van der Waals surface area (Å²) in [5.74, 6) is -0.0895. The van der Waals surface area contributed by atoms with E-state index in [1.54, 1.807) is 31.2 Å². The molecule has 4 nitrogen and oxygen atoms in total. The fourth-order valence-electron chi connectivity index (χ4n) is 1.96. The molecule has 0 unspecified atom stereocenters. The smallest absolute Gasteiger partial charge is 0.182 e. The Labute approximate surface area is 112 Å². The second-order valence-corrected chi connectivity index (χ2v) is 6.41. The molecule has 0 spiro atoms. The third-order valence-electron chi connectivity index (χ3n) is 2.80. The third-order valence-corrected chi connectivity index (χ3v) is 4.64. The van der Waals surface area contributed by atoms with Gasteiger partial charge in [0.2, 0.25) is 0 Å². The van der Waals surface area contributed by atoms with Crippen molar-refractivity contribution in [2.24, 2.45) is 0 Å². The lowest BCUT2D eigenvalue weighted by Gasteiger charge is -2.08. The zero-order valence-electron chi connectivity index (χ0n) is 10.5. The predicted octanol–water partition coefficient (Wildman–Crippen LogP) is 2.26. The van der Waals surface area contributed by atoms with E-state index in [-0.39, 0.29) is 16.4 Å². The molecule has 0 aromatic heterocycles. The Hall–Kier alpha value is -2.01. The van der Waals surface area contributed by atoms with Crippen LogP contribution >= 0.6 is 0 Å². The Bertz CT molecular complexity index is 708. The second kappa shape index (κ2) is 4.93. The van der Waals surface area contributed by atoms with Crippen LogP contribution in [0, 0.1) is 6.92 Å². The molecule has 2 aromatic carbocycles. The quantitative estimate of drug-likeness (QED) is 0.843. The van der Waals surface area contributed by atoms with E-state index in [9.17, 15) is 13.5 Å². The van der Waals surface area contributed by atoms with Crippen LogP contribution in [-0.2, 0) is 15.6 Å². The SMILES string of the molecule is Cc1cc(N)ccc1S(=O)(=O)Cc1cccc(O)c1. The molecule has 0 atom stereocenters. The molecule has 0 heterocycles. The van der Waals surface area contributed by atoms with Crippen molar-refractivity contribution in [3.8, 4) is 5.75 Å². The van der Waals surface area contributed by atoms with Gasteiger partial charge in [-0.05, 0) is 48.4 Å². The zero-order valence-corrected chi connectivity index (χ0v) is 11.3. The van der Waals surface area contributed by atoms with Crippen molar-refractivity contribution < 1.29 is 13.5 Å². The molecule has 19 heavy (non-hydrogen) atoms. The van der Waals surface area contributed by atoms with E-state index in [1.807, 2.05) is 0 Å². The number of hydrogen-bond acceptors (Lipinski definition) is 4. The highest BCUT2D eigenvalue weighted by Crippen LogP contribution is 2.23. The lowest BCUT2D eigenvalue weighted by molar-refractivity contribution is 0.475. The lowest BCUT2D eigenvalue weighted by atomic mass is 10.2. The number of benzene rings is 2. The standard InChI is InChI=1S/C14H15NO3S/c1-10-7-12(15)5-6-14(10)19(17,18)9-11-3-2-4-13(16)8-11/h2-8,16H,9,15H2,1H3. The second-order valence-electron chi connectivity index (χ2n) is 4.45. The fourth-order valence-corrected chi connectivity index (χ4v) is 3.56. The number of phenolic OH excluding ortho intramolecular Hbond substituents is 1. The van der Waals surface area contributed by atoms with Gasteiger partial charge in [0.1, 0.15) is 5.75 Å². The normalized spacial score (nSPS) is 11.4. The summed E-state index contributed by atoms with van der Waals surface area (Å²) >= 11 is 0. The topological polar surface area (TPSA) is 80.4 Å². The molecule has 0 saturated carbocycles. The molecule has 0 aliphatic carbocycles. The zero-order chi connectivity index (χ0) is 14.0. The molecule has 0 fully saturated rings. The predicted molar refractivity (Wildman–Crippen MR) is 74.6 cm³/mol. The monoisotopic (exact) mass is 277 g/mol. The molecular formula is C14H15NO3S. The van der Waals surface area contributed by atoms with Gasteiger partial charge in [-0.1, -0.05) is 12.1 Å². The van der Waals surface area contributed by atoms with E-state index in [0.717, 1.165) is 0 Å². The first-order valence-corrected chi connectivity index (χ1v) is 7.40. The summed E-state index contributed by atoms with van der Waals surface area (Å²) in [6, 6.07) is 11.0. The molecule has 3 N–H and O–H groups in total. The maximum atomic E-state index is 12.3. The van der Waals surface area contributed by atoms with E-state index >= 15 is 0 Å². The molecular weight excluding hydrogens is 262 g/mol. The number of aryl methyl sites for hydroxylation is 1. The minimum Gasteiger partial charge on any atom is -0.508 e. The minimum atomic E-state index is -3.44. The van der Waals surface area contributed by atoms with Crippen LogP contribution in [0.3, 0.4) is 0 Å². The molecule has 0 aliphatic heterocycles. The summed E-state index contributed by atoms with van der Waals surface area (Å²) in [6.45, 7) is 1.71. The molecule has 5 heteroatoms. The van der Waals surface area contributed by atoms with Crippen molar-refractivity contribution in [1.82, 2.24) is 0 Å². The van der Waals surface area contributed by atoms with Gasteiger partial charge < -0.3 is 10.8 Å². The lowest BCUT2D eigenvalue weighted by Crippen LogP contribution is -2.07. The van der Waals surface area contributed by atoms with Crippen molar-refractivity contribution in [3.05, 3.63) is 53.6 Å². The first-order chi connectivity index (χ1) is 8.88. The number of aromatic hydroxyl groups is 1. The van der Waals surface area contributed by atoms with Gasteiger partial charge in [-0.2, -0.15) is 0 Å². The van der Waals surface area contributed by atoms with Crippen LogP contribution < -0.4 is 5.73 Å². The molecule has 2 rings (SSSR count). The van der Waals surface area contributed by atoms with Gasteiger partial charge in [0.15, 0.2) is 9.84 Å². The van der Waals surface area contributed by atoms with E-state index in [0.29, 0.717) is 16.8 Å². The Balaban J connectivity index is 2.38. The summed E-state index contributed by atoms with van der Waals surface area (Å²) < 4.78 is 24.6. The molecule has 100 valence electrons. The van der Waals surface area contributed by atoms with Crippen LogP contribution in [-0.4, -0.2) is 13.5 Å². The summed E-state index contributed by atoms with van der Waals surface area (Å²) in [6.07, 6.45) is 0. The van der Waals surface area contributed by atoms with Crippen molar-refractivity contribution in [1.29, 1.82) is 0 Å². The number of rotatable bonds is 3. The maximum absolute atomic E-state index is 12.3. The number of nitrogen functional groups attached to an aromatic ring is 1. The summed E-state index contributed by atoms with van der Waals surface area (Å²) in [4.78, 5) is 0.269. The number of sulfone groups is 1. The molecule has 2 aromatic rings. The Morgan fingerprint density at radius 2 is 1.89 bits per heavy atom. The summed E-state index contributed by atoms with van der Waals surface area (Å²) in [7, 11) is -3.44. The minimum absolute atomic E-state index is 0.0572. The van der Waals surface area contributed by atoms with E-state index in [4.69, 9.17) is 5.73 Å². The molecule has 0 bridgehead atoms. The highest BCUT2D eigenvalue weighted by atomic mass is 32.2. The molecule has 0 radical (unpaired) electrons. The Morgan fingerprint density at radius 3 is 2.53 bits per heavy atom. The van der Waals surface area contributed by atoms with Crippen molar-refractivity contribution in [2.75, 3.05) is 5.73 Å². The fraction of sp³-hybridized carbons (Fsp3) is 0.143. The van der Waals surface area contributed by atoms with Crippen LogP contribution in [0.25, 0.3) is 0 Å². The molecule has 0 saturated heterocycles. The van der Waals surface area contributed by atoms with Crippen molar-refractivity contribution >= 4 is 15.5 Å². The van der Waals surface area contributed by atoms with Crippen LogP contribution in [0.15, 0.2) is 47.4 Å². The van der Waals surface area contributed by atoms with Gasteiger partial charge in [0.05, 0.1) is 10.6 Å². The first kappa shape index (κ1) is 13.4. The number of nitrogens with two attached hydrogens (primary N) is 1. The molecule has 0 aliphatic rings. The van der Waals surface area contributed by atoms with E-state index in [1.165, 1.54) is 18.2 Å². The van der Waals surface area contributed by atoms with Gasteiger partial charge in [-0.25, -0.2) is 8.42 Å². The average molecular weight is 277 g/mol. The highest BCUT2D eigenvalue weighted by molar-refractivity contribution is 7.90. The van der Waals surface area contributed by atoms with Gasteiger partial charge in [0, 0.05) is 5.69 Å². The van der Waals surface area contributed by atoms with Crippen LogP contribution in [0.2, 0.25) is 0 Å². The Morgan fingerprint density at radius 1 is 1.16 bits per heavy atom. The van der Waals surface area contributed by atoms with Crippen LogP contribution in [0.5, 0.6) is 5.75 Å². The number of phenols is 1. The number of hydrogen-bond donors (Lipinski definition) is 2. The largest absolute Gasteiger partial charge is 0.508 e. The summed E-state index contributed by atoms with van der Waals surface area (Å²) in [5.41, 5.74) is 7.33. The highest BCUT2D eigenvalue weighted by Gasteiger charge is 2.18. The first-order valence-electron chi connectivity index (χ1n) is 5.75. The van der Waals surface area contributed by atoms with E-state index < -0.39 is 9.84 Å². The van der Waals surface area contributed by atoms with Crippen molar-refractivity contribution in [3.63, 3.8) is 0 Å². The van der Waals surface area contributed by atoms with Gasteiger partial charge in [-0.3, -0.25) is 0 Å². The van der Waals surface area contributed by atoms with Crippen LogP contribution in [0.4, 0.5) is 5.69 Å². The third kappa shape index (κ3) is 3.06. The van der Waals surface area contributed by atoms with Crippen LogP contribution in [0.1, 0.15) is 11.1 Å². The maximum Gasteiger partial charge on any atom is 0.182 e.